The highest BCUT2D eigenvalue weighted by Crippen LogP contribution is 2.11. The van der Waals surface area contributed by atoms with E-state index in [0.29, 0.717) is 6.61 Å². The van der Waals surface area contributed by atoms with Gasteiger partial charge in [0.1, 0.15) is 12.4 Å². The third-order valence-electron chi connectivity index (χ3n) is 2.92. The molecule has 0 aliphatic rings. The van der Waals surface area contributed by atoms with Gasteiger partial charge in [-0.15, -0.1) is 0 Å². The molecule has 1 aromatic carbocycles. The summed E-state index contributed by atoms with van der Waals surface area (Å²) < 4.78 is 15.9. The second-order valence-corrected chi connectivity index (χ2v) is 4.49. The van der Waals surface area contributed by atoms with E-state index >= 15 is 0 Å². The quantitative estimate of drug-likeness (QED) is 0.648. The minimum absolute atomic E-state index is 0.677. The lowest BCUT2D eigenvalue weighted by Gasteiger charge is -2.21. The van der Waals surface area contributed by atoms with Gasteiger partial charge < -0.3 is 14.2 Å². The lowest BCUT2D eigenvalue weighted by Crippen LogP contribution is -2.34. The van der Waals surface area contributed by atoms with Gasteiger partial charge in [-0.1, -0.05) is 17.7 Å². The molecule has 19 heavy (non-hydrogen) atoms. The highest BCUT2D eigenvalue weighted by molar-refractivity contribution is 5.26. The number of benzene rings is 1. The summed E-state index contributed by atoms with van der Waals surface area (Å²) >= 11 is 0. The van der Waals surface area contributed by atoms with Crippen LogP contribution in [0, 0.1) is 6.92 Å². The molecule has 0 aromatic heterocycles. The molecule has 0 radical (unpaired) electrons. The van der Waals surface area contributed by atoms with Gasteiger partial charge >= 0.3 is 0 Å². The maximum atomic E-state index is 5.73. The Morgan fingerprint density at radius 2 is 1.37 bits per heavy atom. The van der Waals surface area contributed by atoms with E-state index in [2.05, 4.69) is 24.0 Å². The standard InChI is InChI=1S/C15H25NO3/c1-14-4-6-15(7-5-14)19-13-10-16(8-11-17-2)9-12-18-3/h4-7H,8-13H2,1-3H3. The van der Waals surface area contributed by atoms with Crippen LogP contribution >= 0.6 is 0 Å². The summed E-state index contributed by atoms with van der Waals surface area (Å²) in [5, 5.41) is 0. The van der Waals surface area contributed by atoms with Crippen LogP contribution in [-0.2, 0) is 9.47 Å². The average molecular weight is 267 g/mol. The van der Waals surface area contributed by atoms with Crippen molar-refractivity contribution in [2.24, 2.45) is 0 Å². The molecule has 0 N–H and O–H groups in total. The van der Waals surface area contributed by atoms with E-state index in [4.69, 9.17) is 14.2 Å². The van der Waals surface area contributed by atoms with E-state index in [9.17, 15) is 0 Å². The number of hydrogen-bond acceptors (Lipinski definition) is 4. The molecule has 4 nitrogen and oxygen atoms in total. The molecule has 0 atom stereocenters. The Labute approximate surface area is 116 Å². The van der Waals surface area contributed by atoms with Gasteiger partial charge in [-0.05, 0) is 19.1 Å². The molecular weight excluding hydrogens is 242 g/mol. The Morgan fingerprint density at radius 1 is 0.842 bits per heavy atom. The molecule has 0 saturated heterocycles. The van der Waals surface area contributed by atoms with Crippen molar-refractivity contribution in [3.63, 3.8) is 0 Å². The molecular formula is C15H25NO3. The molecule has 0 bridgehead atoms. The Morgan fingerprint density at radius 3 is 1.89 bits per heavy atom. The Kier molecular flexibility index (Phi) is 8.21. The monoisotopic (exact) mass is 267 g/mol. The second kappa shape index (κ2) is 9.78. The molecule has 0 fully saturated rings. The van der Waals surface area contributed by atoms with E-state index in [0.717, 1.165) is 38.6 Å². The predicted octanol–water partition coefficient (Wildman–Crippen LogP) is 1.97. The smallest absolute Gasteiger partial charge is 0.119 e. The highest BCUT2D eigenvalue weighted by atomic mass is 16.5. The molecule has 0 aliphatic heterocycles. The molecule has 0 spiro atoms. The summed E-state index contributed by atoms with van der Waals surface area (Å²) in [5.41, 5.74) is 1.24. The summed E-state index contributed by atoms with van der Waals surface area (Å²) in [7, 11) is 3.44. The van der Waals surface area contributed by atoms with E-state index in [1.807, 2.05) is 12.1 Å². The van der Waals surface area contributed by atoms with Crippen LogP contribution in [0.4, 0.5) is 0 Å². The van der Waals surface area contributed by atoms with Crippen LogP contribution in [0.2, 0.25) is 0 Å². The van der Waals surface area contributed by atoms with E-state index < -0.39 is 0 Å². The van der Waals surface area contributed by atoms with Gasteiger partial charge in [-0.25, -0.2) is 0 Å². The lowest BCUT2D eigenvalue weighted by molar-refractivity contribution is 0.104. The van der Waals surface area contributed by atoms with Crippen molar-refractivity contribution in [3.05, 3.63) is 29.8 Å². The summed E-state index contributed by atoms with van der Waals surface area (Å²) in [6, 6.07) is 8.12. The minimum Gasteiger partial charge on any atom is -0.492 e. The number of methoxy groups -OCH3 is 2. The Hall–Kier alpha value is -1.10. The number of ether oxygens (including phenoxy) is 3. The van der Waals surface area contributed by atoms with Crippen molar-refractivity contribution >= 4 is 0 Å². The maximum absolute atomic E-state index is 5.73. The van der Waals surface area contributed by atoms with Gasteiger partial charge in [-0.2, -0.15) is 0 Å². The van der Waals surface area contributed by atoms with Crippen LogP contribution in [0.25, 0.3) is 0 Å². The summed E-state index contributed by atoms with van der Waals surface area (Å²) in [6.07, 6.45) is 0. The van der Waals surface area contributed by atoms with Crippen LogP contribution in [0.5, 0.6) is 5.75 Å². The number of aryl methyl sites for hydroxylation is 1. The van der Waals surface area contributed by atoms with Gasteiger partial charge in [0, 0.05) is 33.9 Å². The van der Waals surface area contributed by atoms with E-state index in [1.54, 1.807) is 14.2 Å². The van der Waals surface area contributed by atoms with Crippen LogP contribution in [0.1, 0.15) is 5.56 Å². The van der Waals surface area contributed by atoms with Crippen molar-refractivity contribution in [1.82, 2.24) is 4.90 Å². The first-order valence-corrected chi connectivity index (χ1v) is 6.66. The zero-order valence-electron chi connectivity index (χ0n) is 12.2. The largest absolute Gasteiger partial charge is 0.492 e. The number of hydrogen-bond donors (Lipinski definition) is 0. The third kappa shape index (κ3) is 7.15. The molecule has 0 amide bonds. The van der Waals surface area contributed by atoms with E-state index in [1.165, 1.54) is 5.56 Å². The molecule has 1 rings (SSSR count). The molecule has 108 valence electrons. The van der Waals surface area contributed by atoms with Gasteiger partial charge in [0.15, 0.2) is 0 Å². The molecule has 0 heterocycles. The molecule has 0 unspecified atom stereocenters. The molecule has 1 aromatic rings. The first-order chi connectivity index (χ1) is 9.26. The Bertz CT molecular complexity index is 319. The SMILES string of the molecule is COCCN(CCOC)CCOc1ccc(C)cc1. The van der Waals surface area contributed by atoms with E-state index in [-0.39, 0.29) is 0 Å². The number of rotatable bonds is 10. The van der Waals surface area contributed by atoms with Crippen LogP contribution in [-0.4, -0.2) is 58.6 Å². The summed E-state index contributed by atoms with van der Waals surface area (Å²) in [5.74, 6) is 0.920. The zero-order chi connectivity index (χ0) is 13.9. The van der Waals surface area contributed by atoms with Gasteiger partial charge in [0.05, 0.1) is 13.2 Å². The van der Waals surface area contributed by atoms with Crippen molar-refractivity contribution in [2.75, 3.05) is 53.7 Å². The maximum Gasteiger partial charge on any atom is 0.119 e. The first-order valence-electron chi connectivity index (χ1n) is 6.66. The average Bonchev–Trinajstić information content (AvgIpc) is 2.43. The second-order valence-electron chi connectivity index (χ2n) is 4.49. The third-order valence-corrected chi connectivity index (χ3v) is 2.92. The zero-order valence-corrected chi connectivity index (χ0v) is 12.2. The first kappa shape index (κ1) is 16.0. The Balaban J connectivity index is 2.27. The van der Waals surface area contributed by atoms with Crippen LogP contribution in [0.3, 0.4) is 0 Å². The fraction of sp³-hybridized carbons (Fsp3) is 0.600. The summed E-state index contributed by atoms with van der Waals surface area (Å²) in [6.45, 7) is 6.88. The highest BCUT2D eigenvalue weighted by Gasteiger charge is 2.04. The lowest BCUT2D eigenvalue weighted by atomic mass is 10.2. The fourth-order valence-corrected chi connectivity index (χ4v) is 1.70. The topological polar surface area (TPSA) is 30.9 Å². The minimum atomic E-state index is 0.677. The van der Waals surface area contributed by atoms with Gasteiger partial charge in [0.25, 0.3) is 0 Å². The normalized spacial score (nSPS) is 10.9. The number of nitrogens with zero attached hydrogens (tertiary/aromatic N) is 1. The summed E-state index contributed by atoms with van der Waals surface area (Å²) in [4.78, 5) is 2.28. The predicted molar refractivity (Wildman–Crippen MR) is 76.9 cm³/mol. The molecule has 0 saturated carbocycles. The van der Waals surface area contributed by atoms with Crippen molar-refractivity contribution < 1.29 is 14.2 Å². The van der Waals surface area contributed by atoms with Crippen molar-refractivity contribution in [1.29, 1.82) is 0 Å². The van der Waals surface area contributed by atoms with Crippen molar-refractivity contribution in [3.8, 4) is 5.75 Å². The molecule has 0 aliphatic carbocycles. The van der Waals surface area contributed by atoms with Crippen LogP contribution < -0.4 is 4.74 Å². The fourth-order valence-electron chi connectivity index (χ4n) is 1.70. The van der Waals surface area contributed by atoms with Crippen molar-refractivity contribution in [2.45, 2.75) is 6.92 Å². The van der Waals surface area contributed by atoms with Gasteiger partial charge in [0.2, 0.25) is 0 Å². The van der Waals surface area contributed by atoms with Crippen LogP contribution in [0.15, 0.2) is 24.3 Å². The van der Waals surface area contributed by atoms with Gasteiger partial charge in [-0.3, -0.25) is 4.90 Å². The molecule has 4 heteroatoms.